The molecule has 6 heteroatoms. The van der Waals surface area contributed by atoms with Crippen molar-refractivity contribution in [2.75, 3.05) is 10.7 Å². The molecule has 0 spiro atoms. The summed E-state index contributed by atoms with van der Waals surface area (Å²) >= 11 is 5.97. The topological polar surface area (TPSA) is 75.9 Å². The smallest absolute Gasteiger partial charge is 0.239 e. The van der Waals surface area contributed by atoms with E-state index in [-0.39, 0.29) is 0 Å². The van der Waals surface area contributed by atoms with Gasteiger partial charge in [-0.05, 0) is 25.7 Å². The van der Waals surface area contributed by atoms with Gasteiger partial charge in [-0.15, -0.1) is 0 Å². The molecular formula is C9H14ClN5. The summed E-state index contributed by atoms with van der Waals surface area (Å²) in [7, 11) is 0. The largest absolute Gasteiger partial charge is 0.366 e. The van der Waals surface area contributed by atoms with Crippen LogP contribution < -0.4 is 16.6 Å². The lowest BCUT2D eigenvalue weighted by atomic mass is 10.2. The highest BCUT2D eigenvalue weighted by Crippen LogP contribution is 2.34. The quantitative estimate of drug-likeness (QED) is 0.539. The Bertz CT molecular complexity index is 352. The fraction of sp³-hybridized carbons (Fsp3) is 0.556. The number of hydrogen-bond donors (Lipinski definition) is 3. The van der Waals surface area contributed by atoms with Crippen molar-refractivity contribution in [1.82, 2.24) is 9.97 Å². The van der Waals surface area contributed by atoms with E-state index in [4.69, 9.17) is 17.4 Å². The minimum atomic E-state index is 0.366. The van der Waals surface area contributed by atoms with Crippen LogP contribution >= 0.6 is 11.6 Å². The van der Waals surface area contributed by atoms with Gasteiger partial charge in [0.25, 0.3) is 0 Å². The van der Waals surface area contributed by atoms with Crippen molar-refractivity contribution in [3.05, 3.63) is 11.2 Å². The van der Waals surface area contributed by atoms with E-state index >= 15 is 0 Å². The van der Waals surface area contributed by atoms with Crippen LogP contribution in [0.5, 0.6) is 0 Å². The molecule has 1 aromatic heterocycles. The number of nitrogens with one attached hydrogen (secondary N) is 2. The fourth-order valence-corrected chi connectivity index (χ4v) is 1.61. The molecule has 2 rings (SSSR count). The molecule has 5 nitrogen and oxygen atoms in total. The van der Waals surface area contributed by atoms with Crippen LogP contribution in [-0.2, 0) is 0 Å². The normalized spacial score (nSPS) is 17.3. The Kier molecular flexibility index (Phi) is 2.93. The molecule has 0 saturated heterocycles. The summed E-state index contributed by atoms with van der Waals surface area (Å²) in [4.78, 5) is 8.06. The molecule has 0 radical (unpaired) electrons. The van der Waals surface area contributed by atoms with Gasteiger partial charge >= 0.3 is 0 Å². The van der Waals surface area contributed by atoms with Crippen LogP contribution in [0.25, 0.3) is 0 Å². The molecule has 0 bridgehead atoms. The van der Waals surface area contributed by atoms with E-state index in [0.29, 0.717) is 22.8 Å². The molecule has 4 N–H and O–H groups in total. The summed E-state index contributed by atoms with van der Waals surface area (Å²) in [6, 6.07) is 0.392. The van der Waals surface area contributed by atoms with E-state index in [9.17, 15) is 0 Å². The summed E-state index contributed by atoms with van der Waals surface area (Å²) in [5, 5.41) is 3.78. The van der Waals surface area contributed by atoms with Gasteiger partial charge < -0.3 is 5.32 Å². The van der Waals surface area contributed by atoms with Gasteiger partial charge in [0.2, 0.25) is 5.95 Å². The maximum Gasteiger partial charge on any atom is 0.239 e. The molecule has 0 aromatic carbocycles. The lowest BCUT2D eigenvalue weighted by Gasteiger charge is -2.14. The van der Waals surface area contributed by atoms with E-state index in [0.717, 1.165) is 5.92 Å². The van der Waals surface area contributed by atoms with Crippen LogP contribution in [0.2, 0.25) is 5.02 Å². The Morgan fingerprint density at radius 1 is 1.60 bits per heavy atom. The second-order valence-corrected chi connectivity index (χ2v) is 4.21. The molecule has 1 atom stereocenters. The number of aromatic nitrogens is 2. The van der Waals surface area contributed by atoms with Gasteiger partial charge in [0.1, 0.15) is 5.02 Å². The number of hydrogen-bond acceptors (Lipinski definition) is 5. The minimum Gasteiger partial charge on any atom is -0.366 e. The van der Waals surface area contributed by atoms with E-state index < -0.39 is 0 Å². The van der Waals surface area contributed by atoms with Crippen molar-refractivity contribution >= 4 is 23.4 Å². The number of nitrogen functional groups attached to an aromatic ring is 1. The Labute approximate surface area is 93.4 Å². The van der Waals surface area contributed by atoms with Gasteiger partial charge in [-0.1, -0.05) is 11.6 Å². The third kappa shape index (κ3) is 2.49. The first-order valence-electron chi connectivity index (χ1n) is 4.96. The Hall–Kier alpha value is -1.07. The van der Waals surface area contributed by atoms with Gasteiger partial charge in [-0.3, -0.25) is 5.43 Å². The molecule has 1 aliphatic rings. The standard InChI is InChI=1S/C9H14ClN5/c1-5(6-2-3-6)13-8-7(10)4-12-9(14-8)15-11/h4-6H,2-3,11H2,1H3,(H2,12,13,14,15). The van der Waals surface area contributed by atoms with Crippen molar-refractivity contribution in [1.29, 1.82) is 0 Å². The predicted octanol–water partition coefficient (Wildman–Crippen LogP) is 1.63. The highest BCUT2D eigenvalue weighted by molar-refractivity contribution is 6.32. The summed E-state index contributed by atoms with van der Waals surface area (Å²) < 4.78 is 0. The summed E-state index contributed by atoms with van der Waals surface area (Å²) in [6.07, 6.45) is 4.09. The van der Waals surface area contributed by atoms with E-state index in [1.807, 2.05) is 0 Å². The number of anilines is 2. The molecule has 1 aliphatic carbocycles. The first-order chi connectivity index (χ1) is 7.20. The number of hydrazine groups is 1. The SMILES string of the molecule is CC(Nc1nc(NN)ncc1Cl)C1CC1. The van der Waals surface area contributed by atoms with Crippen molar-refractivity contribution in [2.45, 2.75) is 25.8 Å². The summed E-state index contributed by atoms with van der Waals surface area (Å²) in [5.74, 6) is 6.97. The summed E-state index contributed by atoms with van der Waals surface area (Å²) in [5.41, 5.74) is 2.39. The molecule has 15 heavy (non-hydrogen) atoms. The van der Waals surface area contributed by atoms with Crippen LogP contribution in [0.15, 0.2) is 6.20 Å². The molecule has 1 unspecified atom stereocenters. The molecule has 1 heterocycles. The number of nitrogens with two attached hydrogens (primary N) is 1. The maximum absolute atomic E-state index is 5.97. The highest BCUT2D eigenvalue weighted by atomic mass is 35.5. The molecule has 1 saturated carbocycles. The monoisotopic (exact) mass is 227 g/mol. The maximum atomic E-state index is 5.97. The Morgan fingerprint density at radius 2 is 2.33 bits per heavy atom. The molecule has 0 amide bonds. The van der Waals surface area contributed by atoms with Crippen LogP contribution in [0.1, 0.15) is 19.8 Å². The molecule has 82 valence electrons. The molecular weight excluding hydrogens is 214 g/mol. The predicted molar refractivity (Wildman–Crippen MR) is 60.7 cm³/mol. The second kappa shape index (κ2) is 4.20. The van der Waals surface area contributed by atoms with Crippen molar-refractivity contribution < 1.29 is 0 Å². The Morgan fingerprint density at radius 3 is 2.93 bits per heavy atom. The average Bonchev–Trinajstić information content (AvgIpc) is 3.04. The molecule has 1 fully saturated rings. The zero-order chi connectivity index (χ0) is 10.8. The van der Waals surface area contributed by atoms with E-state index in [2.05, 4.69) is 27.6 Å². The highest BCUT2D eigenvalue weighted by Gasteiger charge is 2.28. The molecule has 0 aliphatic heterocycles. The van der Waals surface area contributed by atoms with Gasteiger partial charge in [0.05, 0.1) is 6.20 Å². The lowest BCUT2D eigenvalue weighted by Crippen LogP contribution is -2.19. The minimum absolute atomic E-state index is 0.366. The molecule has 1 aromatic rings. The van der Waals surface area contributed by atoms with Gasteiger partial charge in [0, 0.05) is 6.04 Å². The average molecular weight is 228 g/mol. The zero-order valence-corrected chi connectivity index (χ0v) is 9.25. The lowest BCUT2D eigenvalue weighted by molar-refractivity contribution is 0.690. The van der Waals surface area contributed by atoms with Gasteiger partial charge in [0.15, 0.2) is 5.82 Å². The van der Waals surface area contributed by atoms with Crippen molar-refractivity contribution in [3.63, 3.8) is 0 Å². The number of nitrogens with zero attached hydrogens (tertiary/aromatic N) is 2. The van der Waals surface area contributed by atoms with Crippen molar-refractivity contribution in [2.24, 2.45) is 11.8 Å². The summed E-state index contributed by atoms with van der Waals surface area (Å²) in [6.45, 7) is 2.13. The first-order valence-corrected chi connectivity index (χ1v) is 5.34. The Balaban J connectivity index is 2.11. The third-order valence-corrected chi connectivity index (χ3v) is 2.84. The van der Waals surface area contributed by atoms with Crippen molar-refractivity contribution in [3.8, 4) is 0 Å². The fourth-order valence-electron chi connectivity index (χ4n) is 1.47. The van der Waals surface area contributed by atoms with Crippen LogP contribution in [0, 0.1) is 5.92 Å². The first kappa shape index (κ1) is 10.4. The number of rotatable bonds is 4. The third-order valence-electron chi connectivity index (χ3n) is 2.57. The van der Waals surface area contributed by atoms with Gasteiger partial charge in [-0.25, -0.2) is 10.8 Å². The van der Waals surface area contributed by atoms with Crippen LogP contribution in [-0.4, -0.2) is 16.0 Å². The number of halogens is 1. The van der Waals surface area contributed by atoms with E-state index in [1.165, 1.54) is 19.0 Å². The second-order valence-electron chi connectivity index (χ2n) is 3.80. The van der Waals surface area contributed by atoms with Gasteiger partial charge in [-0.2, -0.15) is 4.98 Å². The van der Waals surface area contributed by atoms with Crippen LogP contribution in [0.4, 0.5) is 11.8 Å². The zero-order valence-electron chi connectivity index (χ0n) is 8.50. The van der Waals surface area contributed by atoms with Crippen LogP contribution in [0.3, 0.4) is 0 Å². The van der Waals surface area contributed by atoms with E-state index in [1.54, 1.807) is 0 Å².